The van der Waals surface area contributed by atoms with Gasteiger partial charge in [-0.15, -0.1) is 0 Å². The summed E-state index contributed by atoms with van der Waals surface area (Å²) in [5.41, 5.74) is -0.111. The molecule has 0 spiro atoms. The van der Waals surface area contributed by atoms with Gasteiger partial charge in [-0.3, -0.25) is 9.59 Å². The number of anilines is 1. The normalized spacial score (nSPS) is 14.9. The van der Waals surface area contributed by atoms with Crippen LogP contribution in [-0.2, 0) is 9.59 Å². The van der Waals surface area contributed by atoms with Crippen LogP contribution >= 0.6 is 11.6 Å². The summed E-state index contributed by atoms with van der Waals surface area (Å²) in [4.78, 5) is 37.4. The number of rotatable bonds is 5. The van der Waals surface area contributed by atoms with E-state index in [1.165, 1.54) is 43.5 Å². The Labute approximate surface area is 169 Å². The van der Waals surface area contributed by atoms with E-state index in [0.29, 0.717) is 4.90 Å². The topological polar surface area (TPSA) is 108 Å². The van der Waals surface area contributed by atoms with Crippen molar-refractivity contribution in [2.75, 3.05) is 19.0 Å². The Morgan fingerprint density at radius 2 is 2.07 bits per heavy atom. The van der Waals surface area contributed by atoms with Crippen LogP contribution in [0.3, 0.4) is 0 Å². The number of hydrogen-bond donors (Lipinski definition) is 3. The highest BCUT2D eigenvalue weighted by molar-refractivity contribution is 6.31. The van der Waals surface area contributed by atoms with Crippen LogP contribution in [0.4, 0.5) is 14.9 Å². The molecule has 1 heterocycles. The number of phenols is 1. The SMILES string of the molecule is COc1cc(Cl)cc(/C=C2/NC(=O)N(CC(=O)Nc3ccccc3F)C2=O)c1O. The number of imide groups is 1. The molecule has 0 unspecified atom stereocenters. The number of nitrogens with zero attached hydrogens (tertiary/aromatic N) is 1. The zero-order valence-electron chi connectivity index (χ0n) is 15.0. The van der Waals surface area contributed by atoms with Gasteiger partial charge in [-0.05, 0) is 24.3 Å². The molecule has 3 N–H and O–H groups in total. The van der Waals surface area contributed by atoms with E-state index >= 15 is 0 Å². The molecule has 2 aromatic rings. The first kappa shape index (κ1) is 20.2. The standard InChI is InChI=1S/C19H15ClFN3O5/c1-29-15-8-11(20)6-10(17(15)26)7-14-18(27)24(19(28)23-14)9-16(25)22-13-5-3-2-4-12(13)21/h2-8,26H,9H2,1H3,(H,22,25)(H,23,28)/b14-7+. The second kappa shape index (κ2) is 8.19. The number of ether oxygens (including phenoxy) is 1. The maximum Gasteiger partial charge on any atom is 0.329 e. The van der Waals surface area contributed by atoms with E-state index in [1.54, 1.807) is 0 Å². The lowest BCUT2D eigenvalue weighted by atomic mass is 10.1. The lowest BCUT2D eigenvalue weighted by Crippen LogP contribution is -2.38. The maximum atomic E-state index is 13.6. The minimum Gasteiger partial charge on any atom is -0.504 e. The summed E-state index contributed by atoms with van der Waals surface area (Å²) in [5, 5.41) is 15.0. The van der Waals surface area contributed by atoms with E-state index in [-0.39, 0.29) is 33.5 Å². The van der Waals surface area contributed by atoms with Gasteiger partial charge < -0.3 is 20.5 Å². The Balaban J connectivity index is 1.78. The Morgan fingerprint density at radius 1 is 1.34 bits per heavy atom. The summed E-state index contributed by atoms with van der Waals surface area (Å²) in [7, 11) is 1.33. The Bertz CT molecular complexity index is 1040. The number of nitrogens with one attached hydrogen (secondary N) is 2. The number of amides is 4. The van der Waals surface area contributed by atoms with Crippen LogP contribution in [0.15, 0.2) is 42.1 Å². The van der Waals surface area contributed by atoms with E-state index in [1.807, 2.05) is 0 Å². The number of carbonyl (C=O) groups excluding carboxylic acids is 3. The fourth-order valence-electron chi connectivity index (χ4n) is 2.63. The minimum atomic E-state index is -0.835. The number of halogens is 2. The molecule has 1 fully saturated rings. The van der Waals surface area contributed by atoms with E-state index in [9.17, 15) is 23.9 Å². The first-order valence-electron chi connectivity index (χ1n) is 8.25. The van der Waals surface area contributed by atoms with Gasteiger partial charge in [0.25, 0.3) is 5.91 Å². The fourth-order valence-corrected chi connectivity index (χ4v) is 2.84. The second-order valence-electron chi connectivity index (χ2n) is 5.95. The number of hydrogen-bond acceptors (Lipinski definition) is 5. The van der Waals surface area contributed by atoms with Gasteiger partial charge in [-0.1, -0.05) is 23.7 Å². The number of para-hydroxylation sites is 1. The van der Waals surface area contributed by atoms with E-state index in [2.05, 4.69) is 10.6 Å². The van der Waals surface area contributed by atoms with Crippen molar-refractivity contribution in [3.63, 3.8) is 0 Å². The Kier molecular flexibility index (Phi) is 5.69. The number of aromatic hydroxyl groups is 1. The minimum absolute atomic E-state index is 0.0729. The molecule has 29 heavy (non-hydrogen) atoms. The molecule has 3 rings (SSSR count). The molecular formula is C19H15ClFN3O5. The first-order chi connectivity index (χ1) is 13.8. The van der Waals surface area contributed by atoms with Gasteiger partial charge >= 0.3 is 6.03 Å². The average molecular weight is 420 g/mol. The van der Waals surface area contributed by atoms with Gasteiger partial charge in [0, 0.05) is 16.7 Å². The maximum absolute atomic E-state index is 13.6. The number of carbonyl (C=O) groups is 3. The third-order valence-electron chi connectivity index (χ3n) is 4.00. The van der Waals surface area contributed by atoms with Crippen LogP contribution < -0.4 is 15.4 Å². The molecular weight excluding hydrogens is 405 g/mol. The number of phenolic OH excluding ortho intramolecular Hbond substituents is 1. The van der Waals surface area contributed by atoms with Gasteiger partial charge in [-0.25, -0.2) is 14.1 Å². The summed E-state index contributed by atoms with van der Waals surface area (Å²) < 4.78 is 18.6. The zero-order chi connectivity index (χ0) is 21.1. The van der Waals surface area contributed by atoms with Crippen molar-refractivity contribution in [3.8, 4) is 11.5 Å². The number of urea groups is 1. The number of methoxy groups -OCH3 is 1. The van der Waals surface area contributed by atoms with Crippen molar-refractivity contribution in [2.24, 2.45) is 0 Å². The highest BCUT2D eigenvalue weighted by Crippen LogP contribution is 2.35. The quantitative estimate of drug-likeness (QED) is 0.510. The third-order valence-corrected chi connectivity index (χ3v) is 4.22. The van der Waals surface area contributed by atoms with Gasteiger partial charge in [0.15, 0.2) is 11.5 Å². The molecule has 0 aromatic heterocycles. The smallest absolute Gasteiger partial charge is 0.329 e. The van der Waals surface area contributed by atoms with Gasteiger partial charge in [0.05, 0.1) is 12.8 Å². The lowest BCUT2D eigenvalue weighted by Gasteiger charge is -2.12. The molecule has 1 aliphatic rings. The summed E-state index contributed by atoms with van der Waals surface area (Å²) in [5.74, 6) is -2.39. The van der Waals surface area contributed by atoms with Crippen molar-refractivity contribution in [3.05, 3.63) is 58.5 Å². The summed E-state index contributed by atoms with van der Waals surface area (Å²) >= 11 is 5.95. The summed E-state index contributed by atoms with van der Waals surface area (Å²) in [6.07, 6.45) is 1.21. The molecule has 150 valence electrons. The molecule has 0 aliphatic carbocycles. The molecule has 0 atom stereocenters. The van der Waals surface area contributed by atoms with E-state index in [4.69, 9.17) is 16.3 Å². The van der Waals surface area contributed by atoms with Crippen molar-refractivity contribution < 1.29 is 28.6 Å². The van der Waals surface area contributed by atoms with Gasteiger partial charge in [0.1, 0.15) is 18.1 Å². The van der Waals surface area contributed by atoms with Crippen molar-refractivity contribution in [1.82, 2.24) is 10.2 Å². The Hall–Kier alpha value is -3.59. The number of benzene rings is 2. The molecule has 0 saturated carbocycles. The lowest BCUT2D eigenvalue weighted by molar-refractivity contribution is -0.127. The Morgan fingerprint density at radius 3 is 2.76 bits per heavy atom. The third kappa shape index (κ3) is 4.30. The van der Waals surface area contributed by atoms with Crippen LogP contribution in [0, 0.1) is 5.82 Å². The predicted molar refractivity (Wildman–Crippen MR) is 103 cm³/mol. The monoisotopic (exact) mass is 419 g/mol. The molecule has 10 heteroatoms. The fraction of sp³-hybridized carbons (Fsp3) is 0.105. The molecule has 0 radical (unpaired) electrons. The molecule has 8 nitrogen and oxygen atoms in total. The molecule has 1 saturated heterocycles. The van der Waals surface area contributed by atoms with Crippen molar-refractivity contribution in [1.29, 1.82) is 0 Å². The van der Waals surface area contributed by atoms with Crippen molar-refractivity contribution in [2.45, 2.75) is 0 Å². The van der Waals surface area contributed by atoms with Gasteiger partial charge in [0.2, 0.25) is 5.91 Å². The second-order valence-corrected chi connectivity index (χ2v) is 6.39. The summed E-state index contributed by atoms with van der Waals surface area (Å²) in [6, 6.07) is 7.42. The molecule has 2 aromatic carbocycles. The van der Waals surface area contributed by atoms with E-state index < -0.39 is 30.2 Å². The molecule has 1 aliphatic heterocycles. The van der Waals surface area contributed by atoms with Crippen molar-refractivity contribution >= 4 is 41.2 Å². The highest BCUT2D eigenvalue weighted by atomic mass is 35.5. The largest absolute Gasteiger partial charge is 0.504 e. The van der Waals surface area contributed by atoms with Crippen LogP contribution in [0.1, 0.15) is 5.56 Å². The highest BCUT2D eigenvalue weighted by Gasteiger charge is 2.35. The van der Waals surface area contributed by atoms with E-state index in [0.717, 1.165) is 6.07 Å². The summed E-state index contributed by atoms with van der Waals surface area (Å²) in [6.45, 7) is -0.624. The average Bonchev–Trinajstić information content (AvgIpc) is 2.93. The van der Waals surface area contributed by atoms with Crippen LogP contribution in [-0.4, -0.2) is 41.5 Å². The predicted octanol–water partition coefficient (Wildman–Crippen LogP) is 2.72. The van der Waals surface area contributed by atoms with Gasteiger partial charge in [-0.2, -0.15) is 0 Å². The molecule has 4 amide bonds. The van der Waals surface area contributed by atoms with Crippen LogP contribution in [0.2, 0.25) is 5.02 Å². The van der Waals surface area contributed by atoms with Crippen LogP contribution in [0.5, 0.6) is 11.5 Å². The first-order valence-corrected chi connectivity index (χ1v) is 8.63. The molecule has 0 bridgehead atoms. The van der Waals surface area contributed by atoms with Crippen LogP contribution in [0.25, 0.3) is 6.08 Å². The zero-order valence-corrected chi connectivity index (χ0v) is 15.8.